The summed E-state index contributed by atoms with van der Waals surface area (Å²) < 4.78 is 1.11. The predicted octanol–water partition coefficient (Wildman–Crippen LogP) is 5.52. The first-order chi connectivity index (χ1) is 14.4. The Kier molecular flexibility index (Phi) is 6.11. The summed E-state index contributed by atoms with van der Waals surface area (Å²) >= 11 is 2.25. The van der Waals surface area contributed by atoms with Crippen molar-refractivity contribution < 1.29 is 15.0 Å². The molecule has 30 heavy (non-hydrogen) atoms. The molecule has 0 bridgehead atoms. The summed E-state index contributed by atoms with van der Waals surface area (Å²) in [7, 11) is 0. The fraction of sp³-hybridized carbons (Fsp3) is 0.240. The van der Waals surface area contributed by atoms with Crippen molar-refractivity contribution in [1.82, 2.24) is 0 Å². The number of aryl methyl sites for hydroxylation is 1. The van der Waals surface area contributed by atoms with E-state index in [0.29, 0.717) is 12.8 Å². The lowest BCUT2D eigenvalue weighted by molar-refractivity contribution is -0.131. The topological polar surface area (TPSA) is 60.8 Å². The highest BCUT2D eigenvalue weighted by Gasteiger charge is 2.48. The highest BCUT2D eigenvalue weighted by Crippen LogP contribution is 2.46. The van der Waals surface area contributed by atoms with Crippen LogP contribution in [0.1, 0.15) is 41.7 Å². The monoisotopic (exact) mass is 513 g/mol. The van der Waals surface area contributed by atoms with Crippen LogP contribution in [-0.4, -0.2) is 16.1 Å². The zero-order valence-corrected chi connectivity index (χ0v) is 18.9. The molecule has 0 saturated carbocycles. The van der Waals surface area contributed by atoms with Crippen molar-refractivity contribution in [3.8, 4) is 5.75 Å². The van der Waals surface area contributed by atoms with Crippen LogP contribution in [0.2, 0.25) is 0 Å². The number of aliphatic hydroxyl groups is 1. The van der Waals surface area contributed by atoms with Gasteiger partial charge in [0.1, 0.15) is 5.75 Å². The molecule has 0 aliphatic carbocycles. The van der Waals surface area contributed by atoms with Gasteiger partial charge in [0.25, 0.3) is 0 Å². The van der Waals surface area contributed by atoms with Gasteiger partial charge in [-0.3, -0.25) is 4.79 Å². The van der Waals surface area contributed by atoms with Gasteiger partial charge in [-0.05, 0) is 89.9 Å². The number of anilines is 1. The average molecular weight is 513 g/mol. The number of phenolic OH excluding ortho intramolecular Hbond substituents is 1. The van der Waals surface area contributed by atoms with Crippen LogP contribution in [0.5, 0.6) is 5.75 Å². The van der Waals surface area contributed by atoms with Crippen molar-refractivity contribution in [2.24, 2.45) is 5.92 Å². The van der Waals surface area contributed by atoms with Gasteiger partial charge in [-0.2, -0.15) is 0 Å². The number of rotatable bonds is 6. The highest BCUT2D eigenvalue weighted by atomic mass is 127. The molecule has 1 fully saturated rings. The molecular formula is C25H24INO3. The van der Waals surface area contributed by atoms with Crippen molar-refractivity contribution in [2.75, 3.05) is 4.90 Å². The van der Waals surface area contributed by atoms with E-state index in [2.05, 4.69) is 22.6 Å². The van der Waals surface area contributed by atoms with Crippen molar-refractivity contribution in [3.63, 3.8) is 0 Å². The third kappa shape index (κ3) is 4.23. The van der Waals surface area contributed by atoms with Crippen LogP contribution in [0.25, 0.3) is 0 Å². The maximum absolute atomic E-state index is 13.1. The predicted molar refractivity (Wildman–Crippen MR) is 126 cm³/mol. The van der Waals surface area contributed by atoms with Crippen LogP contribution < -0.4 is 4.90 Å². The van der Waals surface area contributed by atoms with Crippen molar-refractivity contribution in [1.29, 1.82) is 0 Å². The molecule has 4 nitrogen and oxygen atoms in total. The fourth-order valence-corrected chi connectivity index (χ4v) is 4.42. The van der Waals surface area contributed by atoms with Crippen molar-refractivity contribution in [3.05, 3.63) is 93.1 Å². The van der Waals surface area contributed by atoms with Gasteiger partial charge in [0, 0.05) is 9.26 Å². The number of aliphatic hydroxyl groups excluding tert-OH is 1. The Morgan fingerprint density at radius 2 is 1.60 bits per heavy atom. The highest BCUT2D eigenvalue weighted by molar-refractivity contribution is 14.1. The molecule has 4 rings (SSSR count). The summed E-state index contributed by atoms with van der Waals surface area (Å²) in [5.41, 5.74) is 3.89. The molecule has 1 amide bonds. The number of β-lactam (4-membered cyclic amide) rings is 1. The van der Waals surface area contributed by atoms with E-state index in [1.165, 1.54) is 0 Å². The van der Waals surface area contributed by atoms with E-state index in [-0.39, 0.29) is 23.6 Å². The molecule has 3 aromatic rings. The summed E-state index contributed by atoms with van der Waals surface area (Å²) in [6.07, 6.45) is 0.528. The largest absolute Gasteiger partial charge is 0.508 e. The molecular weight excluding hydrogens is 489 g/mol. The smallest absolute Gasteiger partial charge is 0.233 e. The number of amides is 1. The van der Waals surface area contributed by atoms with Gasteiger partial charge in [-0.15, -0.1) is 0 Å². The number of phenols is 1. The second-order valence-electron chi connectivity index (χ2n) is 7.83. The van der Waals surface area contributed by atoms with E-state index in [9.17, 15) is 15.0 Å². The van der Waals surface area contributed by atoms with E-state index >= 15 is 0 Å². The minimum absolute atomic E-state index is 0.0744. The van der Waals surface area contributed by atoms with E-state index < -0.39 is 6.10 Å². The van der Waals surface area contributed by atoms with Crippen LogP contribution in [0.4, 0.5) is 5.69 Å². The Morgan fingerprint density at radius 1 is 0.967 bits per heavy atom. The lowest BCUT2D eigenvalue weighted by atomic mass is 9.78. The number of halogens is 1. The van der Waals surface area contributed by atoms with Gasteiger partial charge in [-0.1, -0.05) is 42.0 Å². The normalized spacial score (nSPS) is 19.4. The first-order valence-electron chi connectivity index (χ1n) is 10.1. The summed E-state index contributed by atoms with van der Waals surface area (Å²) in [5.74, 6) is 0.0795. The van der Waals surface area contributed by atoms with Gasteiger partial charge in [0.2, 0.25) is 5.91 Å². The van der Waals surface area contributed by atoms with Gasteiger partial charge in [-0.25, -0.2) is 0 Å². The number of benzene rings is 3. The van der Waals surface area contributed by atoms with Crippen molar-refractivity contribution >= 4 is 34.2 Å². The fourth-order valence-electron chi connectivity index (χ4n) is 4.07. The SMILES string of the molecule is Cc1ccc([C@@H](O)CCC2C(=O)N(c3ccc(I)cc3)[C@@H]2c2ccc(O)cc2)cc1. The second-order valence-corrected chi connectivity index (χ2v) is 9.08. The van der Waals surface area contributed by atoms with E-state index in [1.54, 1.807) is 12.1 Å². The quantitative estimate of drug-likeness (QED) is 0.337. The van der Waals surface area contributed by atoms with E-state index in [1.807, 2.05) is 72.5 Å². The molecule has 0 radical (unpaired) electrons. The molecule has 1 aliphatic heterocycles. The lowest BCUT2D eigenvalue weighted by Crippen LogP contribution is -2.55. The minimum atomic E-state index is -0.591. The van der Waals surface area contributed by atoms with Crippen LogP contribution in [0.15, 0.2) is 72.8 Å². The second kappa shape index (κ2) is 8.78. The summed E-state index contributed by atoms with van der Waals surface area (Å²) in [4.78, 5) is 14.9. The number of hydrogen-bond donors (Lipinski definition) is 2. The zero-order chi connectivity index (χ0) is 21.3. The van der Waals surface area contributed by atoms with Gasteiger partial charge in [0.05, 0.1) is 18.1 Å². The van der Waals surface area contributed by atoms with E-state index in [0.717, 1.165) is 25.9 Å². The molecule has 0 aromatic heterocycles. The Labute approximate surface area is 190 Å². The summed E-state index contributed by atoms with van der Waals surface area (Å²) in [6.45, 7) is 2.02. The number of nitrogens with zero attached hydrogens (tertiary/aromatic N) is 1. The Hall–Kier alpha value is -2.38. The zero-order valence-electron chi connectivity index (χ0n) is 16.7. The first kappa shape index (κ1) is 20.9. The van der Waals surface area contributed by atoms with Crippen LogP contribution in [0, 0.1) is 16.4 Å². The number of carbonyl (C=O) groups is 1. The van der Waals surface area contributed by atoms with Crippen LogP contribution in [-0.2, 0) is 4.79 Å². The van der Waals surface area contributed by atoms with Crippen LogP contribution in [0.3, 0.4) is 0 Å². The van der Waals surface area contributed by atoms with E-state index in [4.69, 9.17) is 0 Å². The van der Waals surface area contributed by atoms with Crippen LogP contribution >= 0.6 is 22.6 Å². The molecule has 5 heteroatoms. The Balaban J connectivity index is 1.55. The summed E-state index contributed by atoms with van der Waals surface area (Å²) in [6, 6.07) is 22.7. The molecule has 1 aliphatic rings. The first-order valence-corrected chi connectivity index (χ1v) is 11.1. The number of carbonyl (C=O) groups excluding carboxylic acids is 1. The molecule has 154 valence electrons. The number of aromatic hydroxyl groups is 1. The third-order valence-electron chi connectivity index (χ3n) is 5.77. The average Bonchev–Trinajstić information content (AvgIpc) is 2.74. The third-order valence-corrected chi connectivity index (χ3v) is 6.49. The summed E-state index contributed by atoms with van der Waals surface area (Å²) in [5, 5.41) is 20.3. The van der Waals surface area contributed by atoms with Crippen molar-refractivity contribution in [2.45, 2.75) is 31.9 Å². The molecule has 0 spiro atoms. The maximum Gasteiger partial charge on any atom is 0.233 e. The Bertz CT molecular complexity index is 1020. The molecule has 3 atom stereocenters. The molecule has 1 unspecified atom stereocenters. The molecule has 1 heterocycles. The molecule has 3 aromatic carbocycles. The molecule has 2 N–H and O–H groups in total. The van der Waals surface area contributed by atoms with Gasteiger partial charge < -0.3 is 15.1 Å². The van der Waals surface area contributed by atoms with Gasteiger partial charge in [0.15, 0.2) is 0 Å². The number of hydrogen-bond acceptors (Lipinski definition) is 3. The lowest BCUT2D eigenvalue weighted by Gasteiger charge is -2.48. The Morgan fingerprint density at radius 3 is 2.23 bits per heavy atom. The maximum atomic E-state index is 13.1. The minimum Gasteiger partial charge on any atom is -0.508 e. The standard InChI is InChI=1S/C25H24INO3/c1-16-2-4-17(5-3-16)23(29)15-14-22-24(18-6-12-21(28)13-7-18)27(25(22)30)20-10-8-19(26)9-11-20/h2-13,22-24,28-29H,14-15H2,1H3/t22?,23-,24+/m0/s1. The molecule has 1 saturated heterocycles. The van der Waals surface area contributed by atoms with Gasteiger partial charge >= 0.3 is 0 Å².